The summed E-state index contributed by atoms with van der Waals surface area (Å²) in [5, 5.41) is 0. The Kier molecular flexibility index (Phi) is 6.63. The molecule has 0 radical (unpaired) electrons. The summed E-state index contributed by atoms with van der Waals surface area (Å²) in [7, 11) is 0. The van der Waals surface area contributed by atoms with E-state index in [1.165, 1.54) is 11.1 Å². The predicted octanol–water partition coefficient (Wildman–Crippen LogP) is 3.72. The van der Waals surface area contributed by atoms with Gasteiger partial charge in [0.2, 0.25) is 5.91 Å². The third kappa shape index (κ3) is 5.58. The molecule has 25 heavy (non-hydrogen) atoms. The van der Waals surface area contributed by atoms with Gasteiger partial charge in [0.1, 0.15) is 6.42 Å². The second kappa shape index (κ2) is 8.50. The van der Waals surface area contributed by atoms with Crippen LogP contribution in [0.2, 0.25) is 0 Å². The van der Waals surface area contributed by atoms with Crippen molar-refractivity contribution in [1.29, 1.82) is 0 Å². The molecule has 1 amide bonds. The minimum Gasteiger partial charge on any atom is -0.466 e. The van der Waals surface area contributed by atoms with E-state index in [-0.39, 0.29) is 17.7 Å². The number of carbonyl (C=O) groups excluding carboxylic acids is 2. The van der Waals surface area contributed by atoms with E-state index < -0.39 is 5.97 Å². The van der Waals surface area contributed by atoms with Crippen LogP contribution >= 0.6 is 0 Å². The Morgan fingerprint density at radius 1 is 1.24 bits per heavy atom. The van der Waals surface area contributed by atoms with Crippen molar-refractivity contribution in [2.45, 2.75) is 58.8 Å². The normalized spacial score (nSPS) is 17.6. The third-order valence-corrected chi connectivity index (χ3v) is 4.89. The summed E-state index contributed by atoms with van der Waals surface area (Å²) in [6.45, 7) is 10.3. The molecule has 1 heterocycles. The molecule has 1 atom stereocenters. The summed E-state index contributed by atoms with van der Waals surface area (Å²) in [6.07, 6.45) is 3.01. The molecule has 1 aromatic carbocycles. The summed E-state index contributed by atoms with van der Waals surface area (Å²) < 4.78 is 4.86. The average Bonchev–Trinajstić information content (AvgIpc) is 3.01. The molecule has 0 bridgehead atoms. The number of rotatable bonds is 6. The first-order valence-corrected chi connectivity index (χ1v) is 9.33. The molecule has 2 rings (SSSR count). The number of aryl methyl sites for hydroxylation is 1. The fraction of sp³-hybridized carbons (Fsp3) is 0.619. The summed E-state index contributed by atoms with van der Waals surface area (Å²) in [5.74, 6) is -0.00901. The lowest BCUT2D eigenvalue weighted by molar-refractivity contribution is -0.148. The number of hydrogen-bond donors (Lipinski definition) is 0. The summed E-state index contributed by atoms with van der Waals surface area (Å²) >= 11 is 0. The zero-order valence-electron chi connectivity index (χ0n) is 16.0. The zero-order valence-corrected chi connectivity index (χ0v) is 16.0. The average molecular weight is 345 g/mol. The molecule has 4 nitrogen and oxygen atoms in total. The summed E-state index contributed by atoms with van der Waals surface area (Å²) in [5.41, 5.74) is 2.96. The first-order valence-electron chi connectivity index (χ1n) is 9.33. The van der Waals surface area contributed by atoms with Crippen molar-refractivity contribution >= 4 is 11.9 Å². The molecule has 0 aromatic heterocycles. The smallest absolute Gasteiger partial charge is 0.315 e. The molecule has 1 aliphatic rings. The Balaban J connectivity index is 1.86. The molecule has 0 spiro atoms. The lowest BCUT2D eigenvalue weighted by atomic mass is 9.82. The number of carbonyl (C=O) groups is 2. The number of ether oxygens (including phenoxy) is 1. The van der Waals surface area contributed by atoms with E-state index in [0.29, 0.717) is 12.5 Å². The minimum absolute atomic E-state index is 0.101. The van der Waals surface area contributed by atoms with E-state index in [1.807, 2.05) is 4.90 Å². The Bertz CT molecular complexity index is 603. The highest BCUT2D eigenvalue weighted by Crippen LogP contribution is 2.29. The van der Waals surface area contributed by atoms with Crippen LogP contribution in [0.5, 0.6) is 0 Å². The predicted molar refractivity (Wildman–Crippen MR) is 99.4 cm³/mol. The van der Waals surface area contributed by atoms with Gasteiger partial charge in [-0.05, 0) is 48.6 Å². The zero-order chi connectivity index (χ0) is 18.4. The molecule has 0 aliphatic carbocycles. The van der Waals surface area contributed by atoms with Gasteiger partial charge in [0, 0.05) is 13.1 Å². The second-order valence-corrected chi connectivity index (χ2v) is 7.92. The van der Waals surface area contributed by atoms with E-state index in [4.69, 9.17) is 4.74 Å². The first kappa shape index (κ1) is 19.5. The maximum Gasteiger partial charge on any atom is 0.315 e. The summed E-state index contributed by atoms with van der Waals surface area (Å²) in [6, 6.07) is 8.65. The van der Waals surface area contributed by atoms with Crippen LogP contribution in [0.25, 0.3) is 0 Å². The second-order valence-electron chi connectivity index (χ2n) is 7.92. The fourth-order valence-corrected chi connectivity index (χ4v) is 3.57. The van der Waals surface area contributed by atoms with Crippen molar-refractivity contribution in [3.63, 3.8) is 0 Å². The van der Waals surface area contributed by atoms with Crippen LogP contribution < -0.4 is 0 Å². The van der Waals surface area contributed by atoms with Gasteiger partial charge >= 0.3 is 5.97 Å². The molecule has 1 aromatic rings. The van der Waals surface area contributed by atoms with Gasteiger partial charge in [0.05, 0.1) is 6.61 Å². The molecule has 138 valence electrons. The SMILES string of the molecule is CCOC(=O)CC(=O)N1CCC(CCc2ccccc2C(C)(C)C)C1. The lowest BCUT2D eigenvalue weighted by Gasteiger charge is -2.23. The molecular formula is C21H31NO3. The van der Waals surface area contributed by atoms with Crippen molar-refractivity contribution < 1.29 is 14.3 Å². The van der Waals surface area contributed by atoms with Crippen LogP contribution in [0, 0.1) is 5.92 Å². The largest absolute Gasteiger partial charge is 0.466 e. The lowest BCUT2D eigenvalue weighted by Crippen LogP contribution is -2.31. The maximum atomic E-state index is 12.2. The van der Waals surface area contributed by atoms with Crippen LogP contribution in [-0.2, 0) is 26.2 Å². The van der Waals surface area contributed by atoms with Gasteiger partial charge in [-0.15, -0.1) is 0 Å². The Morgan fingerprint density at radius 3 is 2.64 bits per heavy atom. The molecule has 0 saturated carbocycles. The molecule has 1 unspecified atom stereocenters. The van der Waals surface area contributed by atoms with Gasteiger partial charge in [-0.2, -0.15) is 0 Å². The molecule has 1 fully saturated rings. The van der Waals surface area contributed by atoms with Crippen LogP contribution in [0.15, 0.2) is 24.3 Å². The van der Waals surface area contributed by atoms with Crippen molar-refractivity contribution in [3.8, 4) is 0 Å². The van der Waals surface area contributed by atoms with Crippen LogP contribution in [0.4, 0.5) is 0 Å². The Morgan fingerprint density at radius 2 is 1.96 bits per heavy atom. The summed E-state index contributed by atoms with van der Waals surface area (Å²) in [4.78, 5) is 25.4. The van der Waals surface area contributed by atoms with E-state index in [2.05, 4.69) is 45.0 Å². The topological polar surface area (TPSA) is 46.6 Å². The van der Waals surface area contributed by atoms with Crippen molar-refractivity contribution in [1.82, 2.24) is 4.90 Å². The number of esters is 1. The molecule has 1 saturated heterocycles. The number of nitrogens with zero attached hydrogens (tertiary/aromatic N) is 1. The van der Waals surface area contributed by atoms with Crippen molar-refractivity contribution in [2.75, 3.05) is 19.7 Å². The monoisotopic (exact) mass is 345 g/mol. The molecule has 0 N–H and O–H groups in total. The van der Waals surface area contributed by atoms with Gasteiger partial charge in [-0.25, -0.2) is 0 Å². The Hall–Kier alpha value is -1.84. The number of amides is 1. The molecular weight excluding hydrogens is 314 g/mol. The highest BCUT2D eigenvalue weighted by Gasteiger charge is 2.28. The first-order chi connectivity index (χ1) is 11.8. The number of hydrogen-bond acceptors (Lipinski definition) is 3. The molecule has 1 aliphatic heterocycles. The molecule has 4 heteroatoms. The standard InChI is InChI=1S/C21H31NO3/c1-5-25-20(24)14-19(23)22-13-12-16(15-22)10-11-17-8-6-7-9-18(17)21(2,3)4/h6-9,16H,5,10-15H2,1-4H3. The van der Waals surface area contributed by atoms with Gasteiger partial charge in [0.15, 0.2) is 0 Å². The fourth-order valence-electron chi connectivity index (χ4n) is 3.57. The number of likely N-dealkylation sites (tertiary alicyclic amines) is 1. The van der Waals surface area contributed by atoms with Gasteiger partial charge in [-0.1, -0.05) is 45.0 Å². The van der Waals surface area contributed by atoms with E-state index in [0.717, 1.165) is 32.4 Å². The number of benzene rings is 1. The Labute approximate surface area is 151 Å². The highest BCUT2D eigenvalue weighted by molar-refractivity contribution is 5.94. The van der Waals surface area contributed by atoms with Crippen molar-refractivity contribution in [2.24, 2.45) is 5.92 Å². The van der Waals surface area contributed by atoms with E-state index >= 15 is 0 Å². The van der Waals surface area contributed by atoms with Gasteiger partial charge < -0.3 is 9.64 Å². The van der Waals surface area contributed by atoms with Crippen molar-refractivity contribution in [3.05, 3.63) is 35.4 Å². The van der Waals surface area contributed by atoms with E-state index in [9.17, 15) is 9.59 Å². The van der Waals surface area contributed by atoms with Crippen LogP contribution in [0.3, 0.4) is 0 Å². The third-order valence-electron chi connectivity index (χ3n) is 4.89. The highest BCUT2D eigenvalue weighted by atomic mass is 16.5. The van der Waals surface area contributed by atoms with Gasteiger partial charge in [0.25, 0.3) is 0 Å². The van der Waals surface area contributed by atoms with E-state index in [1.54, 1.807) is 6.92 Å². The quantitative estimate of drug-likeness (QED) is 0.583. The van der Waals surface area contributed by atoms with Crippen LogP contribution in [0.1, 0.15) is 58.1 Å². The van der Waals surface area contributed by atoms with Gasteiger partial charge in [-0.3, -0.25) is 9.59 Å². The maximum absolute atomic E-state index is 12.2. The minimum atomic E-state index is -0.421. The van der Waals surface area contributed by atoms with Crippen LogP contribution in [-0.4, -0.2) is 36.5 Å².